The maximum absolute atomic E-state index is 13.7. The third kappa shape index (κ3) is 3.02. The number of rotatable bonds is 2. The first-order valence-corrected chi connectivity index (χ1v) is 5.63. The summed E-state index contributed by atoms with van der Waals surface area (Å²) >= 11 is 3.32. The summed E-state index contributed by atoms with van der Waals surface area (Å²) in [5.41, 5.74) is -0.920. The molecule has 0 radical (unpaired) electrons. The fourth-order valence-corrected chi connectivity index (χ4v) is 2.23. The van der Waals surface area contributed by atoms with Gasteiger partial charge >= 0.3 is 0 Å². The number of hydrogen-bond acceptors (Lipinski definition) is 1. The second-order valence-electron chi connectivity index (χ2n) is 4.73. The second kappa shape index (κ2) is 3.87. The maximum Gasteiger partial charge on any atom is 0.131 e. The molecule has 0 saturated carbocycles. The highest BCUT2D eigenvalue weighted by Crippen LogP contribution is 2.33. The first-order valence-electron chi connectivity index (χ1n) is 4.84. The average molecular weight is 275 g/mol. The van der Waals surface area contributed by atoms with E-state index in [2.05, 4.69) is 15.9 Å². The molecule has 1 nitrogen and oxygen atoms in total. The number of halogens is 2. The molecule has 0 spiro atoms. The van der Waals surface area contributed by atoms with Gasteiger partial charge in [0.25, 0.3) is 0 Å². The molecule has 0 amide bonds. The van der Waals surface area contributed by atoms with Crippen LogP contribution in [0.4, 0.5) is 4.39 Å². The lowest BCUT2D eigenvalue weighted by Gasteiger charge is -2.22. The lowest BCUT2D eigenvalue weighted by atomic mass is 9.93. The summed E-state index contributed by atoms with van der Waals surface area (Å²) in [5.74, 6) is 0. The van der Waals surface area contributed by atoms with E-state index in [1.54, 1.807) is 32.0 Å². The zero-order valence-corrected chi connectivity index (χ0v) is 11.0. The third-order valence-corrected chi connectivity index (χ3v) is 2.97. The van der Waals surface area contributed by atoms with Crippen LogP contribution >= 0.6 is 15.9 Å². The summed E-state index contributed by atoms with van der Waals surface area (Å²) in [7, 11) is 0. The van der Waals surface area contributed by atoms with Crippen molar-refractivity contribution in [3.63, 3.8) is 0 Å². The van der Waals surface area contributed by atoms with Gasteiger partial charge in [-0.25, -0.2) is 4.39 Å². The van der Waals surface area contributed by atoms with E-state index in [4.69, 9.17) is 0 Å². The van der Waals surface area contributed by atoms with E-state index in [0.29, 0.717) is 10.0 Å². The van der Waals surface area contributed by atoms with Crippen molar-refractivity contribution in [1.82, 2.24) is 0 Å². The number of hydrogen-bond donors (Lipinski definition) is 1. The molecule has 84 valence electrons. The Morgan fingerprint density at radius 1 is 1.20 bits per heavy atom. The topological polar surface area (TPSA) is 20.2 Å². The fourth-order valence-electron chi connectivity index (χ4n) is 1.38. The minimum absolute atomic E-state index is 0.593. The van der Waals surface area contributed by atoms with Gasteiger partial charge in [-0.05, 0) is 39.3 Å². The minimum Gasteiger partial charge on any atom is -0.386 e. The minimum atomic E-state index is -1.38. The van der Waals surface area contributed by atoms with Gasteiger partial charge in [0.15, 0.2) is 0 Å². The van der Waals surface area contributed by atoms with Crippen LogP contribution in [0.1, 0.15) is 38.8 Å². The standard InChI is InChI=1S/C12H16BrFO/c1-11(2,14)9-6-5-8(7-10(9)13)12(3,4)15/h5-7,15H,1-4H3. The molecule has 0 saturated heterocycles. The van der Waals surface area contributed by atoms with Gasteiger partial charge in [0, 0.05) is 10.0 Å². The smallest absolute Gasteiger partial charge is 0.131 e. The lowest BCUT2D eigenvalue weighted by Crippen LogP contribution is -2.17. The Labute approximate surface area is 98.4 Å². The van der Waals surface area contributed by atoms with Gasteiger partial charge in [0.05, 0.1) is 5.60 Å². The van der Waals surface area contributed by atoms with Gasteiger partial charge in [0.1, 0.15) is 5.67 Å². The molecule has 3 heteroatoms. The summed E-state index contributed by atoms with van der Waals surface area (Å²) in [4.78, 5) is 0. The normalized spacial score (nSPS) is 13.0. The molecule has 15 heavy (non-hydrogen) atoms. The van der Waals surface area contributed by atoms with Gasteiger partial charge < -0.3 is 5.11 Å². The van der Waals surface area contributed by atoms with Crippen molar-refractivity contribution < 1.29 is 9.50 Å². The Morgan fingerprint density at radius 3 is 2.07 bits per heavy atom. The highest BCUT2D eigenvalue weighted by molar-refractivity contribution is 9.10. The molecule has 1 aromatic carbocycles. The lowest BCUT2D eigenvalue weighted by molar-refractivity contribution is 0.0784. The summed E-state index contributed by atoms with van der Waals surface area (Å²) in [5, 5.41) is 9.79. The first-order chi connectivity index (χ1) is 6.62. The molecule has 0 aliphatic carbocycles. The third-order valence-electron chi connectivity index (χ3n) is 2.32. The highest BCUT2D eigenvalue weighted by atomic mass is 79.9. The Kier molecular flexibility index (Phi) is 3.27. The van der Waals surface area contributed by atoms with Gasteiger partial charge in [0.2, 0.25) is 0 Å². The molecule has 0 fully saturated rings. The zero-order chi connectivity index (χ0) is 11.9. The van der Waals surface area contributed by atoms with E-state index >= 15 is 0 Å². The van der Waals surface area contributed by atoms with Crippen molar-refractivity contribution in [2.45, 2.75) is 39.0 Å². The van der Waals surface area contributed by atoms with E-state index in [-0.39, 0.29) is 0 Å². The Balaban J connectivity index is 3.21. The van der Waals surface area contributed by atoms with Crippen LogP contribution in [-0.2, 0) is 11.3 Å². The van der Waals surface area contributed by atoms with Crippen LogP contribution in [0.15, 0.2) is 22.7 Å². The Hall–Kier alpha value is -0.410. The molecule has 0 unspecified atom stereocenters. The number of aliphatic hydroxyl groups is 1. The average Bonchev–Trinajstić information content (AvgIpc) is 1.99. The van der Waals surface area contributed by atoms with E-state index in [0.717, 1.165) is 5.56 Å². The SMILES string of the molecule is CC(C)(O)c1ccc(C(C)(C)F)c(Br)c1. The molecular formula is C12H16BrFO. The van der Waals surface area contributed by atoms with Crippen LogP contribution in [0.3, 0.4) is 0 Å². The Bertz CT molecular complexity index is 361. The van der Waals surface area contributed by atoms with E-state index < -0.39 is 11.3 Å². The predicted octanol–water partition coefficient (Wildman–Crippen LogP) is 3.88. The van der Waals surface area contributed by atoms with E-state index in [1.807, 2.05) is 0 Å². The first kappa shape index (κ1) is 12.7. The van der Waals surface area contributed by atoms with Crippen molar-refractivity contribution in [3.05, 3.63) is 33.8 Å². The molecule has 0 aliphatic rings. The van der Waals surface area contributed by atoms with Crippen LogP contribution < -0.4 is 0 Å². The van der Waals surface area contributed by atoms with Crippen molar-refractivity contribution in [3.8, 4) is 0 Å². The van der Waals surface area contributed by atoms with Crippen LogP contribution in [0.25, 0.3) is 0 Å². The van der Waals surface area contributed by atoms with Gasteiger partial charge in [-0.15, -0.1) is 0 Å². The van der Waals surface area contributed by atoms with Gasteiger partial charge in [-0.2, -0.15) is 0 Å². The van der Waals surface area contributed by atoms with Crippen LogP contribution in [0, 0.1) is 0 Å². The van der Waals surface area contributed by atoms with Gasteiger partial charge in [-0.1, -0.05) is 28.1 Å². The van der Waals surface area contributed by atoms with Crippen LogP contribution in [0.5, 0.6) is 0 Å². The second-order valence-corrected chi connectivity index (χ2v) is 5.58. The quantitative estimate of drug-likeness (QED) is 0.868. The predicted molar refractivity (Wildman–Crippen MR) is 63.5 cm³/mol. The summed E-state index contributed by atoms with van der Waals surface area (Å²) in [6.07, 6.45) is 0. The van der Waals surface area contributed by atoms with E-state index in [9.17, 15) is 9.50 Å². The zero-order valence-electron chi connectivity index (χ0n) is 9.44. The number of benzene rings is 1. The largest absolute Gasteiger partial charge is 0.386 e. The molecule has 0 aromatic heterocycles. The molecule has 0 aliphatic heterocycles. The van der Waals surface area contributed by atoms with Crippen molar-refractivity contribution in [2.24, 2.45) is 0 Å². The molecule has 0 atom stereocenters. The van der Waals surface area contributed by atoms with Crippen molar-refractivity contribution >= 4 is 15.9 Å². The Morgan fingerprint density at radius 2 is 1.73 bits per heavy atom. The molecule has 1 N–H and O–H groups in total. The molecular weight excluding hydrogens is 259 g/mol. The monoisotopic (exact) mass is 274 g/mol. The van der Waals surface area contributed by atoms with Crippen LogP contribution in [0.2, 0.25) is 0 Å². The molecule has 1 aromatic rings. The summed E-state index contributed by atoms with van der Waals surface area (Å²) in [6, 6.07) is 5.22. The molecule has 0 bridgehead atoms. The fraction of sp³-hybridized carbons (Fsp3) is 0.500. The maximum atomic E-state index is 13.7. The van der Waals surface area contributed by atoms with Crippen molar-refractivity contribution in [2.75, 3.05) is 0 Å². The van der Waals surface area contributed by atoms with Crippen LogP contribution in [-0.4, -0.2) is 5.11 Å². The molecule has 1 rings (SSSR count). The van der Waals surface area contributed by atoms with Gasteiger partial charge in [-0.3, -0.25) is 0 Å². The highest BCUT2D eigenvalue weighted by Gasteiger charge is 2.24. The number of alkyl halides is 1. The molecule has 0 heterocycles. The van der Waals surface area contributed by atoms with E-state index in [1.165, 1.54) is 13.8 Å². The summed E-state index contributed by atoms with van der Waals surface area (Å²) in [6.45, 7) is 6.43. The summed E-state index contributed by atoms with van der Waals surface area (Å²) < 4.78 is 14.4. The van der Waals surface area contributed by atoms with Crippen molar-refractivity contribution in [1.29, 1.82) is 0 Å².